The molecule has 1 heterocycles. The predicted molar refractivity (Wildman–Crippen MR) is 152 cm³/mol. The highest BCUT2D eigenvalue weighted by Gasteiger charge is 2.24. The van der Waals surface area contributed by atoms with E-state index in [2.05, 4.69) is 20.5 Å². The van der Waals surface area contributed by atoms with E-state index in [1.165, 1.54) is 12.1 Å². The second kappa shape index (κ2) is 12.9. The molecular weight excluding hydrogens is 499 g/mol. The summed E-state index contributed by atoms with van der Waals surface area (Å²) >= 11 is 0. The van der Waals surface area contributed by atoms with Crippen molar-refractivity contribution < 1.29 is 18.8 Å². The summed E-state index contributed by atoms with van der Waals surface area (Å²) in [4.78, 5) is 47.5. The molecule has 2 aromatic rings. The van der Waals surface area contributed by atoms with E-state index in [0.29, 0.717) is 50.5 Å². The van der Waals surface area contributed by atoms with Crippen LogP contribution in [0.3, 0.4) is 0 Å². The van der Waals surface area contributed by atoms with Crippen molar-refractivity contribution >= 4 is 29.2 Å². The largest absolute Gasteiger partial charge is 0.336 e. The topological polar surface area (TPSA) is 97.4 Å². The highest BCUT2D eigenvalue weighted by atomic mass is 19.1. The third-order valence-corrected chi connectivity index (χ3v) is 6.19. The minimum atomic E-state index is -0.669. The summed E-state index contributed by atoms with van der Waals surface area (Å²) in [5.74, 6) is -1.18. The van der Waals surface area contributed by atoms with Crippen LogP contribution in [0.25, 0.3) is 0 Å². The fourth-order valence-corrected chi connectivity index (χ4v) is 4.66. The Labute approximate surface area is 230 Å². The first kappa shape index (κ1) is 29.9. The van der Waals surface area contributed by atoms with Crippen molar-refractivity contribution in [3.63, 3.8) is 0 Å². The molecule has 1 aliphatic rings. The number of halogens is 1. The molecule has 0 spiro atoms. The van der Waals surface area contributed by atoms with Crippen LogP contribution in [0.15, 0.2) is 47.5 Å². The smallest absolute Gasteiger partial charge is 0.319 e. The number of nitrogens with zero attached hydrogens (tertiary/aromatic N) is 4. The van der Waals surface area contributed by atoms with Gasteiger partial charge in [-0.2, -0.15) is 0 Å². The maximum atomic E-state index is 14.8. The Morgan fingerprint density at radius 2 is 1.69 bits per heavy atom. The molecule has 0 aliphatic carbocycles. The van der Waals surface area contributed by atoms with Gasteiger partial charge in [-0.05, 0) is 77.7 Å². The van der Waals surface area contributed by atoms with Gasteiger partial charge in [-0.15, -0.1) is 0 Å². The maximum Gasteiger partial charge on any atom is 0.319 e. The Bertz CT molecular complexity index is 1230. The van der Waals surface area contributed by atoms with Gasteiger partial charge in [0.05, 0.1) is 5.69 Å². The van der Waals surface area contributed by atoms with Gasteiger partial charge in [-0.3, -0.25) is 14.5 Å². The first-order valence-electron chi connectivity index (χ1n) is 13.0. The predicted octanol–water partition coefficient (Wildman–Crippen LogP) is 3.87. The van der Waals surface area contributed by atoms with Gasteiger partial charge in [0.1, 0.15) is 5.82 Å². The van der Waals surface area contributed by atoms with Crippen molar-refractivity contribution in [1.82, 2.24) is 20.0 Å². The fraction of sp³-hybridized carbons (Fsp3) is 0.448. The molecule has 0 atom stereocenters. The van der Waals surface area contributed by atoms with Crippen molar-refractivity contribution in [3.05, 3.63) is 65.0 Å². The molecule has 3 rings (SSSR count). The number of hydrogen-bond donors (Lipinski definition) is 2. The van der Waals surface area contributed by atoms with Gasteiger partial charge in [0, 0.05) is 61.6 Å². The summed E-state index contributed by atoms with van der Waals surface area (Å²) in [6, 6.07) is 11.0. The minimum absolute atomic E-state index is 0.00928. The normalized spacial score (nSPS) is 14.2. The van der Waals surface area contributed by atoms with Crippen LogP contribution in [0, 0.1) is 5.82 Å². The van der Waals surface area contributed by atoms with E-state index in [0.717, 1.165) is 11.6 Å². The molecule has 1 aliphatic heterocycles. The van der Waals surface area contributed by atoms with Crippen LogP contribution in [-0.2, 0) is 6.54 Å². The zero-order valence-electron chi connectivity index (χ0n) is 23.7. The lowest BCUT2D eigenvalue weighted by atomic mass is 10.1. The minimum Gasteiger partial charge on any atom is -0.336 e. The van der Waals surface area contributed by atoms with Gasteiger partial charge in [-0.1, -0.05) is 12.1 Å². The van der Waals surface area contributed by atoms with Gasteiger partial charge in [0.2, 0.25) is 0 Å². The summed E-state index contributed by atoms with van der Waals surface area (Å²) in [7, 11) is 3.81. The number of benzene rings is 2. The van der Waals surface area contributed by atoms with Crippen LogP contribution in [-0.4, -0.2) is 90.6 Å². The summed E-state index contributed by atoms with van der Waals surface area (Å²) in [6.07, 6.45) is 0. The molecule has 4 amide bonds. The molecular formula is C29H39FN6O3. The number of rotatable bonds is 8. The molecule has 0 radical (unpaired) electrons. The van der Waals surface area contributed by atoms with Crippen LogP contribution >= 0.6 is 0 Å². The lowest BCUT2D eigenvalue weighted by Gasteiger charge is -2.35. The van der Waals surface area contributed by atoms with E-state index in [1.54, 1.807) is 24.8 Å². The summed E-state index contributed by atoms with van der Waals surface area (Å²) < 4.78 is 14.8. The molecule has 2 aromatic carbocycles. The number of piperazine rings is 1. The van der Waals surface area contributed by atoms with Crippen molar-refractivity contribution in [1.29, 1.82) is 0 Å². The number of hydrogen-bond acceptors (Lipinski definition) is 5. The van der Waals surface area contributed by atoms with Gasteiger partial charge < -0.3 is 20.4 Å². The van der Waals surface area contributed by atoms with Crippen molar-refractivity contribution in [2.24, 2.45) is 4.99 Å². The zero-order valence-corrected chi connectivity index (χ0v) is 23.7. The van der Waals surface area contributed by atoms with E-state index in [-0.39, 0.29) is 23.1 Å². The molecule has 0 aromatic heterocycles. The second-order valence-corrected chi connectivity index (χ2v) is 11.0. The Morgan fingerprint density at radius 3 is 2.31 bits per heavy atom. The fourth-order valence-electron chi connectivity index (χ4n) is 4.66. The van der Waals surface area contributed by atoms with Crippen molar-refractivity contribution in [2.75, 3.05) is 52.1 Å². The Hall–Kier alpha value is -3.63. The van der Waals surface area contributed by atoms with E-state index in [4.69, 9.17) is 0 Å². The lowest BCUT2D eigenvalue weighted by Crippen LogP contribution is -2.51. The Balaban J connectivity index is 1.54. The Kier molecular flexibility index (Phi) is 9.93. The first-order chi connectivity index (χ1) is 18.3. The number of likely N-dealkylation sites (N-methyl/N-ethyl adjacent to an activating group) is 1. The number of nitrogens with one attached hydrogen (secondary N) is 2. The molecule has 10 heteroatoms. The van der Waals surface area contributed by atoms with Gasteiger partial charge in [0.15, 0.2) is 0 Å². The number of amides is 4. The van der Waals surface area contributed by atoms with E-state index >= 15 is 0 Å². The summed E-state index contributed by atoms with van der Waals surface area (Å²) in [5, 5.41) is 5.36. The lowest BCUT2D eigenvalue weighted by molar-refractivity contribution is 0.0627. The number of carbonyl (C=O) groups excluding carboxylic acids is 3. The van der Waals surface area contributed by atoms with Gasteiger partial charge in [-0.25, -0.2) is 14.2 Å². The second-order valence-electron chi connectivity index (χ2n) is 11.0. The number of carbonyl (C=O) groups is 3. The molecule has 0 bridgehead atoms. The SMILES string of the molecule is CC(C)=NC(=O)c1cccc(CN2CCN(C(=O)c3ccc(NC(=O)NC(C)(C)CN(C)C)c(F)c3)CC2)c1. The van der Waals surface area contributed by atoms with E-state index in [9.17, 15) is 18.8 Å². The van der Waals surface area contributed by atoms with Crippen LogP contribution in [0.4, 0.5) is 14.9 Å². The van der Waals surface area contributed by atoms with Crippen molar-refractivity contribution in [2.45, 2.75) is 39.8 Å². The first-order valence-corrected chi connectivity index (χ1v) is 13.0. The van der Waals surface area contributed by atoms with Crippen LogP contribution in [0.5, 0.6) is 0 Å². The number of aliphatic imine (C=N–C) groups is 1. The average molecular weight is 539 g/mol. The Morgan fingerprint density at radius 1 is 1.00 bits per heavy atom. The van der Waals surface area contributed by atoms with E-state index in [1.807, 2.05) is 51.0 Å². The van der Waals surface area contributed by atoms with Crippen molar-refractivity contribution in [3.8, 4) is 0 Å². The number of anilines is 1. The quantitative estimate of drug-likeness (QED) is 0.498. The van der Waals surface area contributed by atoms with Crippen LogP contribution in [0.1, 0.15) is 54.0 Å². The molecule has 1 saturated heterocycles. The summed E-state index contributed by atoms with van der Waals surface area (Å²) in [5.41, 5.74) is 2.00. The highest BCUT2D eigenvalue weighted by Crippen LogP contribution is 2.19. The average Bonchev–Trinajstić information content (AvgIpc) is 2.84. The molecule has 2 N–H and O–H groups in total. The molecule has 9 nitrogen and oxygen atoms in total. The van der Waals surface area contributed by atoms with Crippen LogP contribution < -0.4 is 10.6 Å². The standard InChI is InChI=1S/C29H39FN6O3/c1-20(2)31-26(37)22-9-7-8-21(16-22)18-35-12-14-36(15-13-35)27(38)23-10-11-25(24(30)17-23)32-28(39)33-29(3,4)19-34(5)6/h7-11,16-17H,12-15,18-19H2,1-6H3,(H2,32,33,39). The molecule has 0 saturated carbocycles. The van der Waals surface area contributed by atoms with Gasteiger partial charge in [0.25, 0.3) is 11.8 Å². The summed E-state index contributed by atoms with van der Waals surface area (Å²) in [6.45, 7) is 10.9. The van der Waals surface area contributed by atoms with Crippen LogP contribution in [0.2, 0.25) is 0 Å². The third kappa shape index (κ3) is 8.97. The third-order valence-electron chi connectivity index (χ3n) is 6.19. The highest BCUT2D eigenvalue weighted by molar-refractivity contribution is 6.02. The van der Waals surface area contributed by atoms with E-state index < -0.39 is 17.4 Å². The molecule has 39 heavy (non-hydrogen) atoms. The molecule has 1 fully saturated rings. The molecule has 0 unspecified atom stereocenters. The van der Waals surface area contributed by atoms with Gasteiger partial charge >= 0.3 is 6.03 Å². The maximum absolute atomic E-state index is 14.8. The number of urea groups is 1. The monoisotopic (exact) mass is 538 g/mol. The zero-order chi connectivity index (χ0) is 28.7. The molecule has 210 valence electrons.